The van der Waals surface area contributed by atoms with Gasteiger partial charge in [-0.25, -0.2) is 4.98 Å². The van der Waals surface area contributed by atoms with E-state index in [9.17, 15) is 9.59 Å². The van der Waals surface area contributed by atoms with Crippen molar-refractivity contribution in [3.63, 3.8) is 0 Å². The van der Waals surface area contributed by atoms with Gasteiger partial charge in [0.1, 0.15) is 0 Å². The van der Waals surface area contributed by atoms with Crippen LogP contribution in [0.1, 0.15) is 35.7 Å². The monoisotopic (exact) mass is 379 g/mol. The van der Waals surface area contributed by atoms with Crippen LogP contribution in [0.25, 0.3) is 11.0 Å². The highest BCUT2D eigenvalue weighted by molar-refractivity contribution is 7.99. The van der Waals surface area contributed by atoms with Gasteiger partial charge in [-0.2, -0.15) is 0 Å². The number of fused-ring (bicyclic) bond motifs is 2. The maximum atomic E-state index is 12.7. The van der Waals surface area contributed by atoms with Crippen LogP contribution in [0, 0.1) is 0 Å². The number of benzene rings is 2. The lowest BCUT2D eigenvalue weighted by Crippen LogP contribution is -2.10. The summed E-state index contributed by atoms with van der Waals surface area (Å²) < 4.78 is 2.14. The molecule has 0 unspecified atom stereocenters. The Kier molecular flexibility index (Phi) is 4.99. The van der Waals surface area contributed by atoms with Gasteiger partial charge in [-0.3, -0.25) is 9.59 Å². The summed E-state index contributed by atoms with van der Waals surface area (Å²) in [6, 6.07) is 13.6. The number of aromatic nitrogens is 2. The number of nitrogens with zero attached hydrogens (tertiary/aromatic N) is 2. The molecule has 6 heteroatoms. The van der Waals surface area contributed by atoms with Crippen molar-refractivity contribution >= 4 is 40.2 Å². The lowest BCUT2D eigenvalue weighted by Gasteiger charge is -2.09. The maximum absolute atomic E-state index is 12.7. The molecule has 138 valence electrons. The molecule has 1 aromatic heterocycles. The van der Waals surface area contributed by atoms with Crippen molar-refractivity contribution in [3.8, 4) is 0 Å². The van der Waals surface area contributed by atoms with E-state index in [0.717, 1.165) is 46.8 Å². The van der Waals surface area contributed by atoms with E-state index in [1.54, 1.807) is 6.07 Å². The zero-order chi connectivity index (χ0) is 18.8. The smallest absolute Gasteiger partial charge is 0.224 e. The maximum Gasteiger partial charge on any atom is 0.224 e. The van der Waals surface area contributed by atoms with Gasteiger partial charge >= 0.3 is 0 Å². The normalized spacial score (nSPS) is 13.9. The second-order valence-electron chi connectivity index (χ2n) is 6.61. The van der Waals surface area contributed by atoms with E-state index in [0.29, 0.717) is 17.7 Å². The zero-order valence-electron chi connectivity index (χ0n) is 15.2. The van der Waals surface area contributed by atoms with E-state index in [4.69, 9.17) is 0 Å². The lowest BCUT2D eigenvalue weighted by atomic mass is 10.0. The average molecular weight is 379 g/mol. The van der Waals surface area contributed by atoms with Crippen LogP contribution in [-0.4, -0.2) is 27.0 Å². The van der Waals surface area contributed by atoms with E-state index in [1.165, 1.54) is 11.8 Å². The van der Waals surface area contributed by atoms with Crippen molar-refractivity contribution in [2.45, 2.75) is 37.9 Å². The van der Waals surface area contributed by atoms with E-state index in [2.05, 4.69) is 27.9 Å². The number of carbonyl (C=O) groups is 2. The second-order valence-corrected chi connectivity index (χ2v) is 7.56. The number of ketones is 1. The van der Waals surface area contributed by atoms with Crippen LogP contribution in [0.15, 0.2) is 47.6 Å². The molecule has 2 aromatic carbocycles. The third-order valence-electron chi connectivity index (χ3n) is 4.82. The minimum atomic E-state index is 0.0434. The summed E-state index contributed by atoms with van der Waals surface area (Å²) in [7, 11) is 0. The molecule has 1 N–H and O–H groups in total. The Morgan fingerprint density at radius 1 is 1.22 bits per heavy atom. The Balaban J connectivity index is 1.52. The lowest BCUT2D eigenvalue weighted by molar-refractivity contribution is -0.116. The molecule has 27 heavy (non-hydrogen) atoms. The van der Waals surface area contributed by atoms with Gasteiger partial charge in [-0.05, 0) is 55.7 Å². The number of imidazole rings is 1. The van der Waals surface area contributed by atoms with Gasteiger partial charge in [-0.1, -0.05) is 23.9 Å². The molecule has 3 aromatic rings. The number of rotatable bonds is 5. The fraction of sp³-hybridized carbons (Fsp3) is 0.286. The SMILES string of the molecule is CCn1c(SCC(=O)c2ccc3c(c2)CCCC(=O)N3)nc2ccccc21. The van der Waals surface area contributed by atoms with Gasteiger partial charge in [0.25, 0.3) is 0 Å². The molecular weight excluding hydrogens is 358 g/mol. The Hall–Kier alpha value is -2.60. The molecule has 0 saturated carbocycles. The number of para-hydroxylation sites is 2. The van der Waals surface area contributed by atoms with Gasteiger partial charge in [0.05, 0.1) is 16.8 Å². The van der Waals surface area contributed by atoms with Crippen LogP contribution in [0.4, 0.5) is 5.69 Å². The van der Waals surface area contributed by atoms with Crippen LogP contribution in [0.3, 0.4) is 0 Å². The van der Waals surface area contributed by atoms with Gasteiger partial charge < -0.3 is 9.88 Å². The first kappa shape index (κ1) is 17.8. The van der Waals surface area contributed by atoms with E-state index in [1.807, 2.05) is 30.3 Å². The van der Waals surface area contributed by atoms with Crippen molar-refractivity contribution in [2.24, 2.45) is 0 Å². The highest BCUT2D eigenvalue weighted by Crippen LogP contribution is 2.27. The number of nitrogens with one attached hydrogen (secondary N) is 1. The largest absolute Gasteiger partial charge is 0.326 e. The number of Topliss-reactive ketones (excluding diaryl/α,β-unsaturated/α-hetero) is 1. The molecule has 1 amide bonds. The number of hydrogen-bond acceptors (Lipinski definition) is 4. The summed E-state index contributed by atoms with van der Waals surface area (Å²) in [5.41, 5.74) is 4.61. The summed E-state index contributed by atoms with van der Waals surface area (Å²) in [6.45, 7) is 2.90. The number of aryl methyl sites for hydroxylation is 2. The third kappa shape index (κ3) is 3.62. The zero-order valence-corrected chi connectivity index (χ0v) is 16.0. The first-order chi connectivity index (χ1) is 13.2. The molecule has 0 aliphatic carbocycles. The van der Waals surface area contributed by atoms with Gasteiger partial charge in [0, 0.05) is 24.2 Å². The van der Waals surface area contributed by atoms with Crippen molar-refractivity contribution < 1.29 is 9.59 Å². The Bertz CT molecular complexity index is 1030. The third-order valence-corrected chi connectivity index (χ3v) is 5.80. The van der Waals surface area contributed by atoms with Gasteiger partial charge in [0.2, 0.25) is 5.91 Å². The van der Waals surface area contributed by atoms with Crippen LogP contribution >= 0.6 is 11.8 Å². The predicted octanol–water partition coefficient (Wildman–Crippen LogP) is 4.31. The highest BCUT2D eigenvalue weighted by Gasteiger charge is 2.17. The minimum absolute atomic E-state index is 0.0434. The van der Waals surface area contributed by atoms with Crippen molar-refractivity contribution in [2.75, 3.05) is 11.1 Å². The molecule has 0 bridgehead atoms. The topological polar surface area (TPSA) is 64.0 Å². The fourth-order valence-electron chi connectivity index (χ4n) is 3.43. The van der Waals surface area contributed by atoms with Crippen LogP contribution in [-0.2, 0) is 17.8 Å². The molecule has 0 fully saturated rings. The molecule has 0 spiro atoms. The van der Waals surface area contributed by atoms with Crippen LogP contribution < -0.4 is 5.32 Å². The van der Waals surface area contributed by atoms with E-state index < -0.39 is 0 Å². The number of thioether (sulfide) groups is 1. The van der Waals surface area contributed by atoms with E-state index in [-0.39, 0.29) is 11.7 Å². The summed E-state index contributed by atoms with van der Waals surface area (Å²) in [4.78, 5) is 29.1. The Morgan fingerprint density at radius 3 is 2.93 bits per heavy atom. The summed E-state index contributed by atoms with van der Waals surface area (Å²) in [6.07, 6.45) is 2.15. The molecule has 2 heterocycles. The molecule has 0 saturated heterocycles. The minimum Gasteiger partial charge on any atom is -0.326 e. The molecular formula is C21H21N3O2S. The fourth-order valence-corrected chi connectivity index (χ4v) is 4.40. The molecule has 0 radical (unpaired) electrons. The number of amides is 1. The Labute approximate surface area is 162 Å². The van der Waals surface area contributed by atoms with Gasteiger partial charge in [0.15, 0.2) is 10.9 Å². The predicted molar refractivity (Wildman–Crippen MR) is 108 cm³/mol. The highest BCUT2D eigenvalue weighted by atomic mass is 32.2. The molecule has 4 rings (SSSR count). The summed E-state index contributed by atoms with van der Waals surface area (Å²) >= 11 is 1.47. The first-order valence-electron chi connectivity index (χ1n) is 9.19. The van der Waals surface area contributed by atoms with Gasteiger partial charge in [-0.15, -0.1) is 0 Å². The van der Waals surface area contributed by atoms with Crippen LogP contribution in [0.2, 0.25) is 0 Å². The molecule has 1 aliphatic heterocycles. The standard InChI is InChI=1S/C21H21N3O2S/c1-2-24-18-8-4-3-7-17(18)23-21(24)27-13-19(25)15-10-11-16-14(12-15)6-5-9-20(26)22-16/h3-4,7-8,10-12H,2,5-6,9,13H2,1H3,(H,22,26). The number of hydrogen-bond donors (Lipinski definition) is 1. The average Bonchev–Trinajstić information content (AvgIpc) is 2.93. The van der Waals surface area contributed by atoms with Crippen molar-refractivity contribution in [3.05, 3.63) is 53.6 Å². The summed E-state index contributed by atoms with van der Waals surface area (Å²) in [5, 5.41) is 3.78. The second kappa shape index (κ2) is 7.56. The molecule has 5 nitrogen and oxygen atoms in total. The number of carbonyl (C=O) groups excluding carboxylic acids is 2. The van der Waals surface area contributed by atoms with Crippen LogP contribution in [0.5, 0.6) is 0 Å². The van der Waals surface area contributed by atoms with Crippen molar-refractivity contribution in [1.29, 1.82) is 0 Å². The quantitative estimate of drug-likeness (QED) is 0.530. The molecule has 0 atom stereocenters. The number of anilines is 1. The Morgan fingerprint density at radius 2 is 2.07 bits per heavy atom. The summed E-state index contributed by atoms with van der Waals surface area (Å²) in [5.74, 6) is 0.462. The van der Waals surface area contributed by atoms with E-state index >= 15 is 0 Å². The first-order valence-corrected chi connectivity index (χ1v) is 10.2. The molecule has 1 aliphatic rings. The van der Waals surface area contributed by atoms with Crippen molar-refractivity contribution in [1.82, 2.24) is 9.55 Å².